The van der Waals surface area contributed by atoms with E-state index in [1.807, 2.05) is 10.9 Å². The second-order valence-corrected chi connectivity index (χ2v) is 7.71. The fourth-order valence-electron chi connectivity index (χ4n) is 3.96. The first-order valence-corrected chi connectivity index (χ1v) is 9.67. The minimum atomic E-state index is 0.301. The third-order valence-electron chi connectivity index (χ3n) is 5.44. The summed E-state index contributed by atoms with van der Waals surface area (Å²) >= 11 is 0. The lowest BCUT2D eigenvalue weighted by molar-refractivity contribution is -0.136. The second-order valence-electron chi connectivity index (χ2n) is 7.71. The average molecular weight is 332 g/mol. The Kier molecular flexibility index (Phi) is 5.93. The van der Waals surface area contributed by atoms with Crippen LogP contribution in [0.4, 0.5) is 0 Å². The zero-order valence-corrected chi connectivity index (χ0v) is 15.3. The van der Waals surface area contributed by atoms with Gasteiger partial charge in [-0.3, -0.25) is 14.4 Å². The maximum Gasteiger partial charge on any atom is 0.225 e. The maximum absolute atomic E-state index is 12.7. The molecular weight excluding hydrogens is 300 g/mol. The number of rotatable bonds is 4. The normalized spacial score (nSPS) is 21.2. The number of hydrogen-bond acceptors (Lipinski definition) is 3. The summed E-state index contributed by atoms with van der Waals surface area (Å²) < 4.78 is 2.02. The van der Waals surface area contributed by atoms with E-state index in [4.69, 9.17) is 0 Å². The van der Waals surface area contributed by atoms with Crippen LogP contribution in [0.3, 0.4) is 0 Å². The lowest BCUT2D eigenvalue weighted by Gasteiger charge is -2.28. The third-order valence-corrected chi connectivity index (χ3v) is 5.44. The van der Waals surface area contributed by atoms with Crippen molar-refractivity contribution in [3.05, 3.63) is 18.0 Å². The molecule has 1 aromatic heterocycles. The Hall–Kier alpha value is -1.36. The Morgan fingerprint density at radius 2 is 1.92 bits per heavy atom. The van der Waals surface area contributed by atoms with E-state index >= 15 is 0 Å². The van der Waals surface area contributed by atoms with Crippen LogP contribution in [0, 0.1) is 5.92 Å². The van der Waals surface area contributed by atoms with Crippen LogP contribution in [-0.2, 0) is 11.3 Å². The molecule has 1 aliphatic heterocycles. The first-order valence-electron chi connectivity index (χ1n) is 9.67. The van der Waals surface area contributed by atoms with Gasteiger partial charge in [-0.2, -0.15) is 5.10 Å². The van der Waals surface area contributed by atoms with Crippen molar-refractivity contribution in [2.75, 3.05) is 26.2 Å². The molecule has 2 aliphatic rings. The van der Waals surface area contributed by atoms with E-state index < -0.39 is 0 Å². The molecule has 2 fully saturated rings. The van der Waals surface area contributed by atoms with Crippen molar-refractivity contribution < 1.29 is 4.79 Å². The van der Waals surface area contributed by atoms with Gasteiger partial charge < -0.3 is 4.90 Å². The molecule has 1 aromatic rings. The lowest BCUT2D eigenvalue weighted by atomic mass is 9.88. The highest BCUT2D eigenvalue weighted by Crippen LogP contribution is 2.26. The summed E-state index contributed by atoms with van der Waals surface area (Å²) in [4.78, 5) is 17.3. The van der Waals surface area contributed by atoms with Crippen LogP contribution in [0.15, 0.2) is 12.4 Å². The van der Waals surface area contributed by atoms with Gasteiger partial charge in [-0.15, -0.1) is 0 Å². The fourth-order valence-corrected chi connectivity index (χ4v) is 3.96. The number of hydrogen-bond donors (Lipinski definition) is 0. The molecule has 0 radical (unpaired) electrons. The molecular formula is C19H32N4O. The van der Waals surface area contributed by atoms with Gasteiger partial charge >= 0.3 is 0 Å². The molecule has 1 saturated heterocycles. The zero-order valence-electron chi connectivity index (χ0n) is 15.3. The Bertz CT molecular complexity index is 533. The monoisotopic (exact) mass is 332 g/mol. The van der Waals surface area contributed by atoms with Crippen LogP contribution in [-0.4, -0.2) is 51.7 Å². The molecule has 0 atom stereocenters. The summed E-state index contributed by atoms with van der Waals surface area (Å²) in [6.07, 6.45) is 11.2. The van der Waals surface area contributed by atoms with Gasteiger partial charge in [0.05, 0.1) is 6.20 Å². The van der Waals surface area contributed by atoms with Crippen molar-refractivity contribution in [2.24, 2.45) is 5.92 Å². The number of carbonyl (C=O) groups is 1. The van der Waals surface area contributed by atoms with Crippen LogP contribution in [0.1, 0.15) is 64.0 Å². The van der Waals surface area contributed by atoms with Crippen molar-refractivity contribution >= 4 is 5.91 Å². The van der Waals surface area contributed by atoms with Gasteiger partial charge in [0, 0.05) is 56.4 Å². The van der Waals surface area contributed by atoms with Gasteiger partial charge in [0.25, 0.3) is 0 Å². The summed E-state index contributed by atoms with van der Waals surface area (Å²) in [5.41, 5.74) is 1.27. The number of aromatic nitrogens is 2. The van der Waals surface area contributed by atoms with Gasteiger partial charge in [0.15, 0.2) is 0 Å². The summed E-state index contributed by atoms with van der Waals surface area (Å²) in [6, 6.07) is 0.409. The minimum Gasteiger partial charge on any atom is -0.341 e. The molecule has 0 N–H and O–H groups in total. The number of carbonyl (C=O) groups excluding carboxylic acids is 1. The molecule has 5 nitrogen and oxygen atoms in total. The largest absolute Gasteiger partial charge is 0.341 e. The Morgan fingerprint density at radius 1 is 1.12 bits per heavy atom. The first kappa shape index (κ1) is 17.5. The molecule has 0 aromatic carbocycles. The molecule has 1 amide bonds. The number of nitrogens with zero attached hydrogens (tertiary/aromatic N) is 4. The predicted molar refractivity (Wildman–Crippen MR) is 95.7 cm³/mol. The third kappa shape index (κ3) is 4.38. The van der Waals surface area contributed by atoms with Gasteiger partial charge in [0.2, 0.25) is 5.91 Å². The van der Waals surface area contributed by atoms with Crippen LogP contribution in [0.5, 0.6) is 0 Å². The molecule has 0 unspecified atom stereocenters. The van der Waals surface area contributed by atoms with Gasteiger partial charge in [-0.05, 0) is 33.1 Å². The van der Waals surface area contributed by atoms with Crippen molar-refractivity contribution in [3.8, 4) is 0 Å². The molecule has 24 heavy (non-hydrogen) atoms. The SMILES string of the molecule is CC(C)n1cc(CN2CCCN(C(=O)C3CCCCC3)CC2)cn1. The molecule has 5 heteroatoms. The number of amides is 1. The Balaban J connectivity index is 1.51. The molecule has 0 bridgehead atoms. The van der Waals surface area contributed by atoms with E-state index in [1.54, 1.807) is 0 Å². The van der Waals surface area contributed by atoms with E-state index in [0.29, 0.717) is 17.9 Å². The van der Waals surface area contributed by atoms with Crippen molar-refractivity contribution in [1.29, 1.82) is 0 Å². The van der Waals surface area contributed by atoms with Gasteiger partial charge in [-0.1, -0.05) is 19.3 Å². The van der Waals surface area contributed by atoms with Crippen molar-refractivity contribution in [2.45, 2.75) is 65.0 Å². The molecule has 1 saturated carbocycles. The van der Waals surface area contributed by atoms with Crippen LogP contribution in [0.2, 0.25) is 0 Å². The van der Waals surface area contributed by atoms with Crippen molar-refractivity contribution in [3.63, 3.8) is 0 Å². The van der Waals surface area contributed by atoms with E-state index in [-0.39, 0.29) is 0 Å². The molecule has 1 aliphatic carbocycles. The summed E-state index contributed by atoms with van der Waals surface area (Å²) in [7, 11) is 0. The zero-order chi connectivity index (χ0) is 16.9. The molecule has 2 heterocycles. The topological polar surface area (TPSA) is 41.4 Å². The van der Waals surface area contributed by atoms with Crippen molar-refractivity contribution in [1.82, 2.24) is 19.6 Å². The maximum atomic E-state index is 12.7. The summed E-state index contributed by atoms with van der Waals surface area (Å²) in [5.74, 6) is 0.721. The molecule has 0 spiro atoms. The van der Waals surface area contributed by atoms with E-state index in [2.05, 4.69) is 34.9 Å². The standard InChI is InChI=1S/C19H32N4O/c1-16(2)23-15-17(13-20-23)14-21-9-6-10-22(12-11-21)19(24)18-7-4-3-5-8-18/h13,15-16,18H,3-12,14H2,1-2H3. The highest BCUT2D eigenvalue weighted by Gasteiger charge is 2.27. The second kappa shape index (κ2) is 8.15. The quantitative estimate of drug-likeness (QED) is 0.851. The predicted octanol–water partition coefficient (Wildman–Crippen LogP) is 3.08. The van der Waals surface area contributed by atoms with Gasteiger partial charge in [-0.25, -0.2) is 0 Å². The van der Waals surface area contributed by atoms with Crippen LogP contribution >= 0.6 is 0 Å². The highest BCUT2D eigenvalue weighted by atomic mass is 16.2. The minimum absolute atomic E-state index is 0.301. The fraction of sp³-hybridized carbons (Fsp3) is 0.789. The molecule has 3 rings (SSSR count). The first-order chi connectivity index (χ1) is 11.6. The van der Waals surface area contributed by atoms with Gasteiger partial charge in [0.1, 0.15) is 0 Å². The highest BCUT2D eigenvalue weighted by molar-refractivity contribution is 5.79. The summed E-state index contributed by atoms with van der Waals surface area (Å²) in [6.45, 7) is 9.10. The van der Waals surface area contributed by atoms with E-state index in [1.165, 1.54) is 24.8 Å². The summed E-state index contributed by atoms with van der Waals surface area (Å²) in [5, 5.41) is 4.43. The van der Waals surface area contributed by atoms with Crippen LogP contribution in [0.25, 0.3) is 0 Å². The van der Waals surface area contributed by atoms with E-state index in [0.717, 1.165) is 52.0 Å². The lowest BCUT2D eigenvalue weighted by Crippen LogP contribution is -2.39. The Labute approximate surface area is 146 Å². The van der Waals surface area contributed by atoms with E-state index in [9.17, 15) is 4.79 Å². The Morgan fingerprint density at radius 3 is 2.62 bits per heavy atom. The average Bonchev–Trinajstić information content (AvgIpc) is 2.94. The molecule has 134 valence electrons. The van der Waals surface area contributed by atoms with Crippen LogP contribution < -0.4 is 0 Å². The smallest absolute Gasteiger partial charge is 0.225 e.